The number of amides is 1. The number of nitrogens with zero attached hydrogens (tertiary/aromatic N) is 4. The molecule has 0 spiro atoms. The Morgan fingerprint density at radius 3 is 2.51 bits per heavy atom. The molecule has 0 radical (unpaired) electrons. The largest absolute Gasteiger partial charge is 0.385 e. The molecule has 8 heteroatoms. The van der Waals surface area contributed by atoms with E-state index in [1.807, 2.05) is 42.5 Å². The van der Waals surface area contributed by atoms with Gasteiger partial charge in [-0.2, -0.15) is 0 Å². The van der Waals surface area contributed by atoms with Gasteiger partial charge in [-0.1, -0.05) is 17.3 Å². The van der Waals surface area contributed by atoms with Crippen LogP contribution in [0.3, 0.4) is 0 Å². The Morgan fingerprint density at radius 2 is 1.80 bits per heavy atom. The highest BCUT2D eigenvalue weighted by molar-refractivity contribution is 6.05. The maximum atomic E-state index is 13.2. The number of hydrogen-bond donors (Lipinski definition) is 1. The first kappa shape index (κ1) is 22.3. The van der Waals surface area contributed by atoms with Crippen molar-refractivity contribution in [2.24, 2.45) is 5.16 Å². The van der Waals surface area contributed by atoms with Crippen molar-refractivity contribution in [2.75, 3.05) is 0 Å². The maximum absolute atomic E-state index is 13.2. The number of benzene rings is 1. The van der Waals surface area contributed by atoms with Gasteiger partial charge in [0.25, 0.3) is 5.91 Å². The second-order valence-corrected chi connectivity index (χ2v) is 8.20. The molecule has 1 amide bonds. The van der Waals surface area contributed by atoms with Crippen LogP contribution in [0.2, 0.25) is 0 Å². The lowest BCUT2D eigenvalue weighted by molar-refractivity contribution is 0.0826. The molecule has 0 aliphatic carbocycles. The number of halogens is 1. The summed E-state index contributed by atoms with van der Waals surface area (Å²) in [6.07, 6.45) is 4.80. The molecule has 0 saturated carbocycles. The molecular weight excluding hydrogens is 445 g/mol. The van der Waals surface area contributed by atoms with Gasteiger partial charge in [-0.05, 0) is 61.5 Å². The van der Waals surface area contributed by atoms with Crippen LogP contribution in [0, 0.1) is 5.82 Å². The Hall–Kier alpha value is -4.46. The average Bonchev–Trinajstić information content (AvgIpc) is 3.40. The molecule has 0 saturated heterocycles. The van der Waals surface area contributed by atoms with Crippen molar-refractivity contribution in [2.45, 2.75) is 25.5 Å². The zero-order valence-corrected chi connectivity index (χ0v) is 18.9. The zero-order valence-electron chi connectivity index (χ0n) is 18.9. The van der Waals surface area contributed by atoms with E-state index in [0.717, 1.165) is 34.4 Å². The normalized spacial score (nSPS) is 15.7. The summed E-state index contributed by atoms with van der Waals surface area (Å²) < 4.78 is 13.2. The molecule has 4 heterocycles. The Morgan fingerprint density at radius 1 is 1.00 bits per heavy atom. The van der Waals surface area contributed by atoms with Gasteiger partial charge in [0.15, 0.2) is 6.10 Å². The molecular formula is C27H22FN5O2. The smallest absolute Gasteiger partial charge is 0.251 e. The summed E-state index contributed by atoms with van der Waals surface area (Å²) in [6, 6.07) is 19.3. The Labute approximate surface area is 201 Å². The number of hydrogen-bond acceptors (Lipinski definition) is 6. The van der Waals surface area contributed by atoms with Crippen molar-refractivity contribution in [3.8, 4) is 11.3 Å². The minimum atomic E-state index is -0.427. The van der Waals surface area contributed by atoms with Crippen LogP contribution < -0.4 is 5.32 Å². The fourth-order valence-corrected chi connectivity index (χ4v) is 3.88. The number of carbonyl (C=O) groups is 1. The summed E-state index contributed by atoms with van der Waals surface area (Å²) in [6.45, 7) is 1.80. The topological polar surface area (TPSA) is 89.4 Å². The average molecular weight is 468 g/mol. The quantitative estimate of drug-likeness (QED) is 0.429. The van der Waals surface area contributed by atoms with Gasteiger partial charge in [-0.25, -0.2) is 4.39 Å². The standard InChI is InChI=1S/C27H22FN5O2/c1-17(22-9-8-21(28)16-31-22)32-27(34)20-13-18(23-6-2-4-10-29-23)12-19(14-20)25-15-26(35-33-25)24-7-3-5-11-30-24/h2-14,16-17,26H,15H2,1H3,(H,32,34)/t17-,26+/m1/s1. The lowest BCUT2D eigenvalue weighted by Crippen LogP contribution is -2.27. The Bertz CT molecular complexity index is 1360. The molecule has 7 nitrogen and oxygen atoms in total. The third-order valence-corrected chi connectivity index (χ3v) is 5.72. The van der Waals surface area contributed by atoms with E-state index in [1.165, 1.54) is 6.07 Å². The highest BCUT2D eigenvalue weighted by Crippen LogP contribution is 2.30. The van der Waals surface area contributed by atoms with E-state index in [1.54, 1.807) is 37.5 Å². The summed E-state index contributed by atoms with van der Waals surface area (Å²) in [4.78, 5) is 31.7. The highest BCUT2D eigenvalue weighted by Gasteiger charge is 2.26. The van der Waals surface area contributed by atoms with E-state index in [0.29, 0.717) is 17.7 Å². The summed E-state index contributed by atoms with van der Waals surface area (Å²) in [5.41, 5.74) is 4.81. The van der Waals surface area contributed by atoms with E-state index < -0.39 is 11.9 Å². The summed E-state index contributed by atoms with van der Waals surface area (Å²) in [7, 11) is 0. The van der Waals surface area contributed by atoms with Gasteiger partial charge in [-0.3, -0.25) is 19.7 Å². The van der Waals surface area contributed by atoms with Gasteiger partial charge in [0, 0.05) is 35.5 Å². The van der Waals surface area contributed by atoms with E-state index in [2.05, 4.69) is 25.4 Å². The van der Waals surface area contributed by atoms with Crippen molar-refractivity contribution in [1.29, 1.82) is 0 Å². The summed E-state index contributed by atoms with van der Waals surface area (Å²) in [5.74, 6) is -0.716. The first-order valence-electron chi connectivity index (χ1n) is 11.2. The SMILES string of the molecule is C[C@@H](NC(=O)c1cc(C2=NO[C@H](c3ccccn3)C2)cc(-c2ccccn2)c1)c1ccc(F)cn1. The van der Waals surface area contributed by atoms with E-state index in [9.17, 15) is 9.18 Å². The predicted molar refractivity (Wildman–Crippen MR) is 129 cm³/mol. The number of aromatic nitrogens is 3. The molecule has 1 N–H and O–H groups in total. The molecule has 35 heavy (non-hydrogen) atoms. The molecule has 0 fully saturated rings. The van der Waals surface area contributed by atoms with Crippen molar-refractivity contribution >= 4 is 11.6 Å². The lowest BCUT2D eigenvalue weighted by Gasteiger charge is -2.15. The number of rotatable bonds is 6. The van der Waals surface area contributed by atoms with Crippen molar-refractivity contribution in [1.82, 2.24) is 20.3 Å². The van der Waals surface area contributed by atoms with Crippen LogP contribution in [0.5, 0.6) is 0 Å². The van der Waals surface area contributed by atoms with Gasteiger partial charge in [0.05, 0.1) is 35.0 Å². The molecule has 5 rings (SSSR count). The van der Waals surface area contributed by atoms with E-state index in [-0.39, 0.29) is 12.0 Å². The van der Waals surface area contributed by atoms with Crippen LogP contribution in [0.1, 0.15) is 52.8 Å². The molecule has 174 valence electrons. The molecule has 0 unspecified atom stereocenters. The van der Waals surface area contributed by atoms with Crippen LogP contribution in [0.15, 0.2) is 90.5 Å². The van der Waals surface area contributed by atoms with Gasteiger partial charge in [-0.15, -0.1) is 0 Å². The van der Waals surface area contributed by atoms with Crippen LogP contribution in [0.4, 0.5) is 4.39 Å². The van der Waals surface area contributed by atoms with Gasteiger partial charge in [0.2, 0.25) is 0 Å². The number of pyridine rings is 3. The van der Waals surface area contributed by atoms with Gasteiger partial charge in [0.1, 0.15) is 5.82 Å². The second kappa shape index (κ2) is 9.80. The van der Waals surface area contributed by atoms with Crippen molar-refractivity contribution in [3.63, 3.8) is 0 Å². The molecule has 4 aromatic rings. The number of nitrogens with one attached hydrogen (secondary N) is 1. The molecule has 1 aromatic carbocycles. The fourth-order valence-electron chi connectivity index (χ4n) is 3.88. The maximum Gasteiger partial charge on any atom is 0.251 e. The lowest BCUT2D eigenvalue weighted by atomic mass is 9.96. The predicted octanol–water partition coefficient (Wildman–Crippen LogP) is 5.03. The fraction of sp³-hybridized carbons (Fsp3) is 0.148. The molecule has 3 aromatic heterocycles. The Balaban J connectivity index is 1.44. The highest BCUT2D eigenvalue weighted by atomic mass is 19.1. The van der Waals surface area contributed by atoms with E-state index >= 15 is 0 Å². The minimum Gasteiger partial charge on any atom is -0.385 e. The van der Waals surface area contributed by atoms with Gasteiger partial charge >= 0.3 is 0 Å². The van der Waals surface area contributed by atoms with Gasteiger partial charge < -0.3 is 10.2 Å². The van der Waals surface area contributed by atoms with E-state index in [4.69, 9.17) is 4.84 Å². The first-order chi connectivity index (χ1) is 17.1. The third-order valence-electron chi connectivity index (χ3n) is 5.72. The van der Waals surface area contributed by atoms with Crippen LogP contribution in [-0.4, -0.2) is 26.6 Å². The Kier molecular flexibility index (Phi) is 6.26. The van der Waals surface area contributed by atoms with Crippen LogP contribution >= 0.6 is 0 Å². The number of carbonyl (C=O) groups excluding carboxylic acids is 1. The summed E-state index contributed by atoms with van der Waals surface area (Å²) >= 11 is 0. The third kappa shape index (κ3) is 5.06. The van der Waals surface area contributed by atoms with Crippen molar-refractivity contribution in [3.05, 3.63) is 114 Å². The first-order valence-corrected chi connectivity index (χ1v) is 11.2. The molecule has 1 aliphatic heterocycles. The van der Waals surface area contributed by atoms with Crippen molar-refractivity contribution < 1.29 is 14.0 Å². The zero-order chi connectivity index (χ0) is 24.2. The molecule has 0 bridgehead atoms. The van der Waals surface area contributed by atoms with Crippen LogP contribution in [-0.2, 0) is 4.84 Å². The second-order valence-electron chi connectivity index (χ2n) is 8.20. The van der Waals surface area contributed by atoms with Crippen LogP contribution in [0.25, 0.3) is 11.3 Å². The molecule has 1 aliphatic rings. The minimum absolute atomic E-state index is 0.286. The number of oxime groups is 1. The molecule has 2 atom stereocenters. The summed E-state index contributed by atoms with van der Waals surface area (Å²) in [5, 5.41) is 7.23. The monoisotopic (exact) mass is 467 g/mol.